The van der Waals surface area contributed by atoms with Crippen LogP contribution >= 0.6 is 0 Å². The summed E-state index contributed by atoms with van der Waals surface area (Å²) >= 11 is 0. The molecule has 0 amide bonds. The SMILES string of the molecule is CCNCc1cccn1CC1CN(C(C)C)CCO1. The monoisotopic (exact) mass is 265 g/mol. The molecule has 4 nitrogen and oxygen atoms in total. The van der Waals surface area contributed by atoms with E-state index in [0.717, 1.165) is 39.3 Å². The first-order valence-corrected chi connectivity index (χ1v) is 7.41. The molecule has 0 spiro atoms. The van der Waals surface area contributed by atoms with Crippen molar-refractivity contribution in [2.24, 2.45) is 0 Å². The maximum absolute atomic E-state index is 5.91. The third-order valence-electron chi connectivity index (χ3n) is 3.78. The van der Waals surface area contributed by atoms with Crippen LogP contribution in [0.25, 0.3) is 0 Å². The van der Waals surface area contributed by atoms with Crippen molar-refractivity contribution in [2.75, 3.05) is 26.2 Å². The summed E-state index contributed by atoms with van der Waals surface area (Å²) in [6, 6.07) is 4.92. The van der Waals surface area contributed by atoms with Gasteiger partial charge < -0.3 is 14.6 Å². The molecule has 108 valence electrons. The van der Waals surface area contributed by atoms with Crippen molar-refractivity contribution in [1.82, 2.24) is 14.8 Å². The molecular formula is C15H27N3O. The maximum atomic E-state index is 5.91. The first-order chi connectivity index (χ1) is 9.20. The fourth-order valence-corrected chi connectivity index (χ4v) is 2.58. The number of ether oxygens (including phenoxy) is 1. The predicted molar refractivity (Wildman–Crippen MR) is 78.3 cm³/mol. The van der Waals surface area contributed by atoms with Crippen LogP contribution in [-0.4, -0.2) is 47.9 Å². The zero-order valence-electron chi connectivity index (χ0n) is 12.4. The molecule has 0 radical (unpaired) electrons. The molecule has 19 heavy (non-hydrogen) atoms. The summed E-state index contributed by atoms with van der Waals surface area (Å²) in [5.74, 6) is 0. The van der Waals surface area contributed by atoms with Gasteiger partial charge in [-0.2, -0.15) is 0 Å². The Hall–Kier alpha value is -0.840. The molecule has 0 aromatic carbocycles. The van der Waals surface area contributed by atoms with Crippen molar-refractivity contribution in [3.63, 3.8) is 0 Å². The Morgan fingerprint density at radius 1 is 1.47 bits per heavy atom. The van der Waals surface area contributed by atoms with E-state index in [4.69, 9.17) is 4.74 Å². The van der Waals surface area contributed by atoms with Gasteiger partial charge in [-0.1, -0.05) is 6.92 Å². The molecule has 1 aromatic heterocycles. The highest BCUT2D eigenvalue weighted by atomic mass is 16.5. The van der Waals surface area contributed by atoms with Crippen molar-refractivity contribution >= 4 is 0 Å². The van der Waals surface area contributed by atoms with Crippen LogP contribution in [0.4, 0.5) is 0 Å². The molecule has 1 N–H and O–H groups in total. The fraction of sp³-hybridized carbons (Fsp3) is 0.733. The lowest BCUT2D eigenvalue weighted by Gasteiger charge is -2.35. The van der Waals surface area contributed by atoms with Crippen molar-refractivity contribution in [2.45, 2.75) is 46.0 Å². The Balaban J connectivity index is 1.91. The number of hydrogen-bond donors (Lipinski definition) is 1. The molecule has 4 heteroatoms. The van der Waals surface area contributed by atoms with E-state index >= 15 is 0 Å². The molecule has 1 atom stereocenters. The smallest absolute Gasteiger partial charge is 0.0881 e. The lowest BCUT2D eigenvalue weighted by atomic mass is 10.2. The largest absolute Gasteiger partial charge is 0.374 e. The van der Waals surface area contributed by atoms with E-state index in [9.17, 15) is 0 Å². The first kappa shape index (κ1) is 14.6. The number of morpholine rings is 1. The van der Waals surface area contributed by atoms with Crippen LogP contribution in [0.1, 0.15) is 26.5 Å². The van der Waals surface area contributed by atoms with Gasteiger partial charge in [0.25, 0.3) is 0 Å². The highest BCUT2D eigenvalue weighted by molar-refractivity contribution is 5.07. The van der Waals surface area contributed by atoms with E-state index in [-0.39, 0.29) is 0 Å². The summed E-state index contributed by atoms with van der Waals surface area (Å²) in [6.07, 6.45) is 2.47. The minimum absolute atomic E-state index is 0.309. The summed E-state index contributed by atoms with van der Waals surface area (Å²) < 4.78 is 8.22. The molecule has 2 heterocycles. The lowest BCUT2D eigenvalue weighted by Crippen LogP contribution is -2.47. The summed E-state index contributed by atoms with van der Waals surface area (Å²) in [6.45, 7) is 12.5. The van der Waals surface area contributed by atoms with Gasteiger partial charge in [0.15, 0.2) is 0 Å². The number of nitrogens with one attached hydrogen (secondary N) is 1. The molecule has 0 bridgehead atoms. The molecule has 0 saturated carbocycles. The standard InChI is InChI=1S/C15H27N3O/c1-4-16-10-14-6-5-7-18(14)12-15-11-17(13(2)3)8-9-19-15/h5-7,13,15-16H,4,8-12H2,1-3H3. The third kappa shape index (κ3) is 4.06. The van der Waals surface area contributed by atoms with Gasteiger partial charge in [-0.3, -0.25) is 4.90 Å². The van der Waals surface area contributed by atoms with Crippen LogP contribution < -0.4 is 5.32 Å². The maximum Gasteiger partial charge on any atom is 0.0881 e. The van der Waals surface area contributed by atoms with Crippen molar-refractivity contribution in [3.05, 3.63) is 24.0 Å². The van der Waals surface area contributed by atoms with E-state index < -0.39 is 0 Å². The molecule has 0 aliphatic carbocycles. The Morgan fingerprint density at radius 3 is 3.05 bits per heavy atom. The number of hydrogen-bond acceptors (Lipinski definition) is 3. The second kappa shape index (κ2) is 7.08. The number of aromatic nitrogens is 1. The predicted octanol–water partition coefficient (Wildman–Crippen LogP) is 1.71. The van der Waals surface area contributed by atoms with Gasteiger partial charge in [0.05, 0.1) is 12.7 Å². The van der Waals surface area contributed by atoms with Gasteiger partial charge in [0, 0.05) is 44.1 Å². The minimum atomic E-state index is 0.309. The quantitative estimate of drug-likeness (QED) is 0.849. The fourth-order valence-electron chi connectivity index (χ4n) is 2.58. The minimum Gasteiger partial charge on any atom is -0.374 e. The average Bonchev–Trinajstić information content (AvgIpc) is 2.84. The average molecular weight is 265 g/mol. The molecular weight excluding hydrogens is 238 g/mol. The zero-order chi connectivity index (χ0) is 13.7. The van der Waals surface area contributed by atoms with E-state index in [2.05, 4.69) is 53.9 Å². The topological polar surface area (TPSA) is 29.4 Å². The number of rotatable bonds is 6. The Bertz CT molecular complexity index is 375. The second-order valence-corrected chi connectivity index (χ2v) is 5.51. The normalized spacial score (nSPS) is 21.2. The molecule has 1 aromatic rings. The Morgan fingerprint density at radius 2 is 2.32 bits per heavy atom. The molecule has 1 fully saturated rings. The van der Waals surface area contributed by atoms with Gasteiger partial charge in [-0.15, -0.1) is 0 Å². The van der Waals surface area contributed by atoms with Gasteiger partial charge in [-0.25, -0.2) is 0 Å². The van der Waals surface area contributed by atoms with E-state index in [1.54, 1.807) is 0 Å². The van der Waals surface area contributed by atoms with E-state index in [0.29, 0.717) is 12.1 Å². The van der Waals surface area contributed by atoms with Crippen LogP contribution in [0.3, 0.4) is 0 Å². The van der Waals surface area contributed by atoms with Crippen LogP contribution in [0.15, 0.2) is 18.3 Å². The third-order valence-corrected chi connectivity index (χ3v) is 3.78. The van der Waals surface area contributed by atoms with Gasteiger partial charge in [0.1, 0.15) is 0 Å². The van der Waals surface area contributed by atoms with Crippen molar-refractivity contribution < 1.29 is 4.74 Å². The summed E-state index contributed by atoms with van der Waals surface area (Å²) in [4.78, 5) is 2.50. The molecule has 2 rings (SSSR count). The van der Waals surface area contributed by atoms with Crippen molar-refractivity contribution in [3.8, 4) is 0 Å². The second-order valence-electron chi connectivity index (χ2n) is 5.51. The highest BCUT2D eigenvalue weighted by Crippen LogP contribution is 2.12. The van der Waals surface area contributed by atoms with Crippen LogP contribution in [0.5, 0.6) is 0 Å². The van der Waals surface area contributed by atoms with E-state index in [1.165, 1.54) is 5.69 Å². The van der Waals surface area contributed by atoms with Gasteiger partial charge in [0.2, 0.25) is 0 Å². The van der Waals surface area contributed by atoms with Crippen LogP contribution in [0.2, 0.25) is 0 Å². The molecule has 1 aliphatic heterocycles. The molecule has 1 unspecified atom stereocenters. The lowest BCUT2D eigenvalue weighted by molar-refractivity contribution is -0.0458. The van der Waals surface area contributed by atoms with Gasteiger partial charge in [-0.05, 0) is 32.5 Å². The number of nitrogens with zero attached hydrogens (tertiary/aromatic N) is 2. The Kier molecular flexibility index (Phi) is 5.43. The van der Waals surface area contributed by atoms with Crippen LogP contribution in [0, 0.1) is 0 Å². The summed E-state index contributed by atoms with van der Waals surface area (Å²) in [7, 11) is 0. The zero-order valence-corrected chi connectivity index (χ0v) is 12.4. The van der Waals surface area contributed by atoms with Crippen LogP contribution in [-0.2, 0) is 17.8 Å². The molecule has 1 aliphatic rings. The highest BCUT2D eigenvalue weighted by Gasteiger charge is 2.22. The Labute approximate surface area is 116 Å². The first-order valence-electron chi connectivity index (χ1n) is 7.41. The summed E-state index contributed by atoms with van der Waals surface area (Å²) in [5.41, 5.74) is 1.34. The summed E-state index contributed by atoms with van der Waals surface area (Å²) in [5, 5.41) is 3.38. The molecule has 1 saturated heterocycles. The van der Waals surface area contributed by atoms with Gasteiger partial charge >= 0.3 is 0 Å². The van der Waals surface area contributed by atoms with E-state index in [1.807, 2.05) is 0 Å². The van der Waals surface area contributed by atoms with Crippen molar-refractivity contribution in [1.29, 1.82) is 0 Å².